The van der Waals surface area contributed by atoms with Crippen LogP contribution in [0.25, 0.3) is 0 Å². The summed E-state index contributed by atoms with van der Waals surface area (Å²) in [6, 6.07) is 10.5. The Hall–Kier alpha value is -1.87. The zero-order valence-electron chi connectivity index (χ0n) is 10.9. The molecule has 0 aliphatic heterocycles. The molecule has 0 saturated carbocycles. The van der Waals surface area contributed by atoms with Gasteiger partial charge in [-0.25, -0.2) is 0 Å². The molecule has 0 amide bonds. The molecule has 2 rings (SSSR count). The quantitative estimate of drug-likeness (QED) is 0.894. The summed E-state index contributed by atoms with van der Waals surface area (Å²) in [7, 11) is 2.08. The van der Waals surface area contributed by atoms with E-state index in [0.29, 0.717) is 6.54 Å². The molecule has 0 aliphatic rings. The van der Waals surface area contributed by atoms with Crippen molar-refractivity contribution in [3.63, 3.8) is 0 Å². The Morgan fingerprint density at radius 1 is 1.11 bits per heavy atom. The molecule has 3 nitrogen and oxygen atoms in total. The van der Waals surface area contributed by atoms with E-state index in [-0.39, 0.29) is 0 Å². The highest BCUT2D eigenvalue weighted by molar-refractivity contribution is 5.47. The van der Waals surface area contributed by atoms with Crippen molar-refractivity contribution in [3.8, 4) is 0 Å². The third kappa shape index (κ3) is 3.08. The lowest BCUT2D eigenvalue weighted by Gasteiger charge is -2.19. The van der Waals surface area contributed by atoms with E-state index >= 15 is 0 Å². The smallest absolute Gasteiger partial charge is 0.0441 e. The van der Waals surface area contributed by atoms with Crippen LogP contribution in [0.4, 0.5) is 5.69 Å². The van der Waals surface area contributed by atoms with E-state index in [2.05, 4.69) is 54.2 Å². The van der Waals surface area contributed by atoms with E-state index in [4.69, 9.17) is 5.73 Å². The summed E-state index contributed by atoms with van der Waals surface area (Å²) < 4.78 is 0. The Kier molecular flexibility index (Phi) is 3.95. The lowest BCUT2D eigenvalue weighted by atomic mass is 10.1. The molecule has 0 bridgehead atoms. The molecular weight excluding hydrogens is 222 g/mol. The molecule has 94 valence electrons. The highest BCUT2D eigenvalue weighted by Gasteiger charge is 2.02. The first-order chi connectivity index (χ1) is 8.69. The molecule has 2 N–H and O–H groups in total. The topological polar surface area (TPSA) is 42.2 Å². The van der Waals surface area contributed by atoms with Crippen molar-refractivity contribution in [1.29, 1.82) is 0 Å². The van der Waals surface area contributed by atoms with Crippen molar-refractivity contribution in [2.24, 2.45) is 5.73 Å². The van der Waals surface area contributed by atoms with Gasteiger partial charge in [0.05, 0.1) is 0 Å². The van der Waals surface area contributed by atoms with Gasteiger partial charge in [0.15, 0.2) is 0 Å². The van der Waals surface area contributed by atoms with E-state index in [1.54, 1.807) is 0 Å². The molecule has 0 spiro atoms. The average molecular weight is 241 g/mol. The molecule has 0 saturated heterocycles. The van der Waals surface area contributed by atoms with E-state index in [0.717, 1.165) is 12.1 Å². The van der Waals surface area contributed by atoms with Gasteiger partial charge in [-0.05, 0) is 35.7 Å². The van der Waals surface area contributed by atoms with Gasteiger partial charge >= 0.3 is 0 Å². The Labute approximate surface area is 108 Å². The second-order valence-electron chi connectivity index (χ2n) is 4.60. The molecule has 0 unspecified atom stereocenters. The minimum absolute atomic E-state index is 0.589. The maximum absolute atomic E-state index is 5.59. The number of aromatic nitrogens is 1. The number of pyridine rings is 1. The number of anilines is 1. The first-order valence-corrected chi connectivity index (χ1v) is 6.09. The van der Waals surface area contributed by atoms with Gasteiger partial charge in [-0.1, -0.05) is 18.2 Å². The SMILES string of the molecule is Cc1cncc(CN(C)c2ccc(CN)cc2)c1. The second kappa shape index (κ2) is 5.65. The third-order valence-corrected chi connectivity index (χ3v) is 2.96. The van der Waals surface area contributed by atoms with Crippen LogP contribution in [0.3, 0.4) is 0 Å². The summed E-state index contributed by atoms with van der Waals surface area (Å²) in [6.45, 7) is 3.51. The van der Waals surface area contributed by atoms with Crippen molar-refractivity contribution in [2.45, 2.75) is 20.0 Å². The number of rotatable bonds is 4. The van der Waals surface area contributed by atoms with Crippen molar-refractivity contribution < 1.29 is 0 Å². The Morgan fingerprint density at radius 2 is 1.83 bits per heavy atom. The van der Waals surface area contributed by atoms with Gasteiger partial charge < -0.3 is 10.6 Å². The summed E-state index contributed by atoms with van der Waals surface area (Å²) in [4.78, 5) is 6.42. The van der Waals surface area contributed by atoms with E-state index in [1.165, 1.54) is 16.8 Å². The molecule has 0 radical (unpaired) electrons. The third-order valence-electron chi connectivity index (χ3n) is 2.96. The Bertz CT molecular complexity index is 505. The molecule has 1 aromatic heterocycles. The van der Waals surface area contributed by atoms with E-state index < -0.39 is 0 Å². The Balaban J connectivity index is 2.09. The molecule has 0 aliphatic carbocycles. The lowest BCUT2D eigenvalue weighted by molar-refractivity contribution is 0.911. The summed E-state index contributed by atoms with van der Waals surface area (Å²) in [6.07, 6.45) is 3.79. The summed E-state index contributed by atoms with van der Waals surface area (Å²) >= 11 is 0. The van der Waals surface area contributed by atoms with Gasteiger partial charge in [0, 0.05) is 38.2 Å². The molecule has 2 aromatic rings. The van der Waals surface area contributed by atoms with Crippen molar-refractivity contribution in [1.82, 2.24) is 4.98 Å². The van der Waals surface area contributed by atoms with Crippen molar-refractivity contribution in [3.05, 3.63) is 59.4 Å². The van der Waals surface area contributed by atoms with Gasteiger partial charge in [0.2, 0.25) is 0 Å². The number of hydrogen-bond donors (Lipinski definition) is 1. The molecule has 0 fully saturated rings. The first-order valence-electron chi connectivity index (χ1n) is 6.09. The fourth-order valence-corrected chi connectivity index (χ4v) is 1.96. The number of nitrogens with two attached hydrogens (primary N) is 1. The number of nitrogens with zero attached hydrogens (tertiary/aromatic N) is 2. The van der Waals surface area contributed by atoms with Crippen LogP contribution in [0.2, 0.25) is 0 Å². The normalized spacial score (nSPS) is 10.4. The van der Waals surface area contributed by atoms with Crippen LogP contribution in [0.5, 0.6) is 0 Å². The first kappa shape index (κ1) is 12.6. The largest absolute Gasteiger partial charge is 0.370 e. The van der Waals surface area contributed by atoms with Crippen LogP contribution in [-0.4, -0.2) is 12.0 Å². The number of benzene rings is 1. The molecule has 18 heavy (non-hydrogen) atoms. The van der Waals surface area contributed by atoms with Gasteiger partial charge in [-0.2, -0.15) is 0 Å². The monoisotopic (exact) mass is 241 g/mol. The zero-order chi connectivity index (χ0) is 13.0. The Morgan fingerprint density at radius 3 is 2.44 bits per heavy atom. The standard InChI is InChI=1S/C15H19N3/c1-12-7-14(10-17-9-12)11-18(2)15-5-3-13(8-16)4-6-15/h3-7,9-10H,8,11,16H2,1-2H3. The minimum Gasteiger partial charge on any atom is -0.370 e. The molecule has 3 heteroatoms. The van der Waals surface area contributed by atoms with Crippen molar-refractivity contribution >= 4 is 5.69 Å². The highest BCUT2D eigenvalue weighted by atomic mass is 15.1. The average Bonchev–Trinajstić information content (AvgIpc) is 2.39. The number of hydrogen-bond acceptors (Lipinski definition) is 3. The van der Waals surface area contributed by atoms with Gasteiger partial charge in [-0.3, -0.25) is 4.98 Å². The maximum Gasteiger partial charge on any atom is 0.0441 e. The predicted octanol–water partition coefficient (Wildman–Crippen LogP) is 2.49. The fraction of sp³-hybridized carbons (Fsp3) is 0.267. The van der Waals surface area contributed by atoms with Crippen molar-refractivity contribution in [2.75, 3.05) is 11.9 Å². The van der Waals surface area contributed by atoms with Crippen LogP contribution < -0.4 is 10.6 Å². The number of aryl methyl sites for hydroxylation is 1. The van der Waals surface area contributed by atoms with E-state index in [9.17, 15) is 0 Å². The summed E-state index contributed by atoms with van der Waals surface area (Å²) in [5.41, 5.74) is 10.4. The van der Waals surface area contributed by atoms with Crippen LogP contribution in [0.15, 0.2) is 42.7 Å². The van der Waals surface area contributed by atoms with Crippen LogP contribution in [0, 0.1) is 6.92 Å². The van der Waals surface area contributed by atoms with Gasteiger partial charge in [0.1, 0.15) is 0 Å². The van der Waals surface area contributed by atoms with Gasteiger partial charge in [-0.15, -0.1) is 0 Å². The zero-order valence-corrected chi connectivity index (χ0v) is 10.9. The summed E-state index contributed by atoms with van der Waals surface area (Å²) in [5, 5.41) is 0. The van der Waals surface area contributed by atoms with E-state index in [1.807, 2.05) is 12.4 Å². The van der Waals surface area contributed by atoms with Crippen LogP contribution >= 0.6 is 0 Å². The predicted molar refractivity (Wildman–Crippen MR) is 75.4 cm³/mol. The molecule has 0 atom stereocenters. The lowest BCUT2D eigenvalue weighted by Crippen LogP contribution is -2.16. The fourth-order valence-electron chi connectivity index (χ4n) is 1.96. The minimum atomic E-state index is 0.589. The van der Waals surface area contributed by atoms with Crippen LogP contribution in [0.1, 0.15) is 16.7 Å². The van der Waals surface area contributed by atoms with Crippen LogP contribution in [-0.2, 0) is 13.1 Å². The molecule has 1 heterocycles. The summed E-state index contributed by atoms with van der Waals surface area (Å²) in [5.74, 6) is 0. The second-order valence-corrected chi connectivity index (χ2v) is 4.60. The highest BCUT2D eigenvalue weighted by Crippen LogP contribution is 2.16. The molecule has 1 aromatic carbocycles. The maximum atomic E-state index is 5.59. The van der Waals surface area contributed by atoms with Gasteiger partial charge in [0.25, 0.3) is 0 Å². The molecular formula is C15H19N3.